The molecule has 188 valence electrons. The maximum Gasteiger partial charge on any atom is 0.148 e. The third-order valence-corrected chi connectivity index (χ3v) is 9.69. The van der Waals surface area contributed by atoms with E-state index in [1.807, 2.05) is 12.1 Å². The smallest absolute Gasteiger partial charge is 0.148 e. The van der Waals surface area contributed by atoms with Crippen molar-refractivity contribution >= 4 is 17.4 Å². The lowest BCUT2D eigenvalue weighted by Gasteiger charge is -2.51. The molecule has 0 radical (unpaired) electrons. The maximum atomic E-state index is 13.6. The first kappa shape index (κ1) is 23.7. The van der Waals surface area contributed by atoms with Crippen molar-refractivity contribution in [2.45, 2.75) is 64.8 Å². The summed E-state index contributed by atoms with van der Waals surface area (Å²) in [5.41, 5.74) is 1.75. The molecule has 1 N–H and O–H groups in total. The van der Waals surface area contributed by atoms with E-state index in [9.17, 15) is 4.39 Å². The molecule has 0 spiro atoms. The average molecular weight is 497 g/mol. The predicted molar refractivity (Wildman–Crippen MR) is 140 cm³/mol. The van der Waals surface area contributed by atoms with Crippen molar-refractivity contribution < 1.29 is 4.39 Å². The Morgan fingerprint density at radius 3 is 2.34 bits per heavy atom. The van der Waals surface area contributed by atoms with Crippen LogP contribution < -0.4 is 5.32 Å². The van der Waals surface area contributed by atoms with E-state index < -0.39 is 0 Å². The molecule has 2 aromatic rings. The highest BCUT2D eigenvalue weighted by Crippen LogP contribution is 2.54. The van der Waals surface area contributed by atoms with Crippen LogP contribution in [0.25, 0.3) is 11.3 Å². The molecule has 2 unspecified atom stereocenters. The highest BCUT2D eigenvalue weighted by Gasteiger charge is 2.48. The monoisotopic (exact) mass is 496 g/mol. The zero-order valence-electron chi connectivity index (χ0n) is 21.0. The maximum absolute atomic E-state index is 13.6. The van der Waals surface area contributed by atoms with Gasteiger partial charge in [0.05, 0.1) is 10.7 Å². The van der Waals surface area contributed by atoms with Gasteiger partial charge in [0, 0.05) is 31.2 Å². The molecule has 1 aromatic carbocycles. The Bertz CT molecular complexity index is 1030. The van der Waals surface area contributed by atoms with Crippen LogP contribution in [0.3, 0.4) is 0 Å². The number of nitrogens with zero attached hydrogens (tertiary/aromatic N) is 3. The molecule has 4 aliphatic rings. The zero-order valence-corrected chi connectivity index (χ0v) is 21.8. The summed E-state index contributed by atoms with van der Waals surface area (Å²) in [4.78, 5) is 2.83. The fraction of sp³-hybridized carbons (Fsp3) is 0.655. The quantitative estimate of drug-likeness (QED) is 0.488. The van der Waals surface area contributed by atoms with Crippen molar-refractivity contribution in [1.82, 2.24) is 15.1 Å². The van der Waals surface area contributed by atoms with E-state index >= 15 is 0 Å². The van der Waals surface area contributed by atoms with Gasteiger partial charge < -0.3 is 10.2 Å². The number of fused-ring (bicyclic) bond motifs is 3. The van der Waals surface area contributed by atoms with E-state index in [0.29, 0.717) is 27.7 Å². The van der Waals surface area contributed by atoms with E-state index in [4.69, 9.17) is 11.6 Å². The second-order valence-corrected chi connectivity index (χ2v) is 13.0. The first-order chi connectivity index (χ1) is 16.8. The Kier molecular flexibility index (Phi) is 6.29. The number of nitrogens with one attached hydrogen (secondary N) is 1. The Morgan fingerprint density at radius 2 is 1.69 bits per heavy atom. The van der Waals surface area contributed by atoms with Crippen molar-refractivity contribution in [3.63, 3.8) is 0 Å². The molecule has 6 heteroatoms. The Hall–Kier alpha value is -1.72. The van der Waals surface area contributed by atoms with Crippen LogP contribution in [-0.4, -0.2) is 40.8 Å². The van der Waals surface area contributed by atoms with Crippen molar-refractivity contribution in [3.05, 3.63) is 41.2 Å². The summed E-state index contributed by atoms with van der Waals surface area (Å²) in [6, 6.07) is 8.59. The van der Waals surface area contributed by atoms with Gasteiger partial charge >= 0.3 is 0 Å². The largest absolute Gasteiger partial charge is 0.366 e. The van der Waals surface area contributed by atoms with Gasteiger partial charge in [-0.2, -0.15) is 0 Å². The van der Waals surface area contributed by atoms with Crippen LogP contribution in [0, 0.1) is 40.8 Å². The SMILES string of the molecule is CC1CC2CC(C)CC(CN3C[C@H]4C[C@H](Nc5ccc(-c6cc(F)ccc6Cl)nn5)C[C@H]4C3)(C1)C2. The number of anilines is 1. The summed E-state index contributed by atoms with van der Waals surface area (Å²) in [5.74, 6) is 4.83. The van der Waals surface area contributed by atoms with E-state index in [1.54, 1.807) is 6.07 Å². The molecule has 4 fully saturated rings. The number of aromatic nitrogens is 2. The normalized spacial score (nSPS) is 36.8. The molecule has 4 nitrogen and oxygen atoms in total. The van der Waals surface area contributed by atoms with Crippen LogP contribution in [0.5, 0.6) is 0 Å². The molecule has 6 rings (SSSR count). The molecule has 1 saturated heterocycles. The van der Waals surface area contributed by atoms with Crippen molar-refractivity contribution in [2.75, 3.05) is 25.0 Å². The van der Waals surface area contributed by atoms with Gasteiger partial charge in [-0.1, -0.05) is 25.4 Å². The summed E-state index contributed by atoms with van der Waals surface area (Å²) in [5, 5.41) is 12.8. The molecule has 3 aliphatic carbocycles. The van der Waals surface area contributed by atoms with Gasteiger partial charge in [0.1, 0.15) is 11.6 Å². The minimum atomic E-state index is -0.324. The first-order valence-corrected chi connectivity index (χ1v) is 14.0. The highest BCUT2D eigenvalue weighted by molar-refractivity contribution is 6.33. The van der Waals surface area contributed by atoms with Gasteiger partial charge in [-0.25, -0.2) is 4.39 Å². The highest BCUT2D eigenvalue weighted by atomic mass is 35.5. The van der Waals surface area contributed by atoms with Crippen LogP contribution >= 0.6 is 11.6 Å². The molecule has 1 aromatic heterocycles. The molecular formula is C29H38ClFN4. The van der Waals surface area contributed by atoms with Crippen molar-refractivity contribution in [1.29, 1.82) is 0 Å². The number of hydrogen-bond acceptors (Lipinski definition) is 4. The first-order valence-electron chi connectivity index (χ1n) is 13.6. The third kappa shape index (κ3) is 4.96. The molecule has 3 saturated carbocycles. The summed E-state index contributed by atoms with van der Waals surface area (Å²) < 4.78 is 13.6. The number of rotatable bonds is 5. The van der Waals surface area contributed by atoms with Gasteiger partial charge in [0.15, 0.2) is 0 Å². The van der Waals surface area contributed by atoms with Crippen LogP contribution in [0.1, 0.15) is 58.8 Å². The lowest BCUT2D eigenvalue weighted by molar-refractivity contribution is -0.00647. The van der Waals surface area contributed by atoms with Gasteiger partial charge in [0.2, 0.25) is 0 Å². The van der Waals surface area contributed by atoms with Crippen molar-refractivity contribution in [3.8, 4) is 11.3 Å². The van der Waals surface area contributed by atoms with E-state index in [1.165, 1.54) is 76.7 Å². The van der Waals surface area contributed by atoms with Crippen LogP contribution in [0.15, 0.2) is 30.3 Å². The molecule has 2 bridgehead atoms. The summed E-state index contributed by atoms with van der Waals surface area (Å²) >= 11 is 6.22. The van der Waals surface area contributed by atoms with Gasteiger partial charge in [-0.15, -0.1) is 10.2 Å². The van der Waals surface area contributed by atoms with Gasteiger partial charge in [-0.05, 0) is 110 Å². The number of hydrogen-bond donors (Lipinski definition) is 1. The lowest BCUT2D eigenvalue weighted by Crippen LogP contribution is -2.46. The number of benzene rings is 1. The second-order valence-electron chi connectivity index (χ2n) is 12.6. The van der Waals surface area contributed by atoms with Gasteiger partial charge in [0.25, 0.3) is 0 Å². The van der Waals surface area contributed by atoms with Crippen LogP contribution in [0.2, 0.25) is 5.02 Å². The van der Waals surface area contributed by atoms with Gasteiger partial charge in [-0.3, -0.25) is 0 Å². The van der Waals surface area contributed by atoms with Crippen LogP contribution in [0.4, 0.5) is 10.2 Å². The van der Waals surface area contributed by atoms with Crippen molar-refractivity contribution in [2.24, 2.45) is 35.0 Å². The molecule has 5 atom stereocenters. The summed E-state index contributed by atoms with van der Waals surface area (Å²) in [7, 11) is 0. The third-order valence-electron chi connectivity index (χ3n) is 9.36. The summed E-state index contributed by atoms with van der Waals surface area (Å²) in [6.45, 7) is 8.85. The Labute approximate surface area is 214 Å². The van der Waals surface area contributed by atoms with Crippen LogP contribution in [-0.2, 0) is 0 Å². The van der Waals surface area contributed by atoms with E-state index in [-0.39, 0.29) is 5.82 Å². The van der Waals surface area contributed by atoms with E-state index in [0.717, 1.165) is 35.4 Å². The summed E-state index contributed by atoms with van der Waals surface area (Å²) in [6.07, 6.45) is 9.71. The fourth-order valence-electron chi connectivity index (χ4n) is 8.68. The number of likely N-dealkylation sites (tertiary alicyclic amines) is 1. The molecule has 1 aliphatic heterocycles. The standard InChI is InChI=1S/C29H38ClFN4/c1-18-7-20-8-19(2)13-29(12-18,14-20)17-35-15-21-9-24(10-22(21)16-35)32-28-6-5-27(33-34-28)25-11-23(31)3-4-26(25)30/h3-6,11,18-22,24H,7-10,12-17H2,1-2H3,(H,32,34)/t18?,19?,20?,21-,22+,24+,29?. The minimum absolute atomic E-state index is 0.324. The molecular weight excluding hydrogens is 459 g/mol. The molecule has 2 heterocycles. The number of halogens is 2. The minimum Gasteiger partial charge on any atom is -0.366 e. The molecule has 35 heavy (non-hydrogen) atoms. The zero-order chi connectivity index (χ0) is 24.2. The predicted octanol–water partition coefficient (Wildman–Crippen LogP) is 6.91. The fourth-order valence-corrected chi connectivity index (χ4v) is 8.89. The van der Waals surface area contributed by atoms with E-state index in [2.05, 4.69) is 34.3 Å². The molecule has 0 amide bonds. The topological polar surface area (TPSA) is 41.0 Å². The second kappa shape index (κ2) is 9.30. The Balaban J connectivity index is 1.04. The lowest BCUT2D eigenvalue weighted by atomic mass is 9.56. The average Bonchev–Trinajstić information content (AvgIpc) is 3.32. The Morgan fingerprint density at radius 1 is 0.971 bits per heavy atom.